The maximum Gasteiger partial charge on any atom is 0.320 e. The van der Waals surface area contributed by atoms with E-state index in [0.29, 0.717) is 5.75 Å². The van der Waals surface area contributed by atoms with Gasteiger partial charge >= 0.3 is 6.55 Å². The fourth-order valence-corrected chi connectivity index (χ4v) is 2.37. The van der Waals surface area contributed by atoms with E-state index in [1.807, 2.05) is 12.1 Å². The van der Waals surface area contributed by atoms with Crippen molar-refractivity contribution in [2.75, 3.05) is 11.9 Å². The molecule has 1 N–H and O–H groups in total. The number of anilines is 1. The first-order chi connectivity index (χ1) is 9.75. The van der Waals surface area contributed by atoms with Crippen LogP contribution in [0.5, 0.6) is 5.75 Å². The van der Waals surface area contributed by atoms with Gasteiger partial charge in [-0.05, 0) is 24.5 Å². The first kappa shape index (κ1) is 12.9. The van der Waals surface area contributed by atoms with E-state index >= 15 is 0 Å². The molecule has 4 nitrogen and oxygen atoms in total. The average Bonchev–Trinajstić information content (AvgIpc) is 2.93. The Kier molecular flexibility index (Phi) is 3.54. The Bertz CT molecular complexity index is 598. The van der Waals surface area contributed by atoms with E-state index in [0.717, 1.165) is 29.6 Å². The van der Waals surface area contributed by atoms with Gasteiger partial charge in [0.2, 0.25) is 0 Å². The van der Waals surface area contributed by atoms with Crippen molar-refractivity contribution >= 4 is 5.69 Å². The molecule has 0 aliphatic carbocycles. The molecule has 0 saturated heterocycles. The van der Waals surface area contributed by atoms with Crippen molar-refractivity contribution in [2.24, 2.45) is 0 Å². The Morgan fingerprint density at radius 2 is 2.30 bits per heavy atom. The molecule has 1 aromatic carbocycles. The van der Waals surface area contributed by atoms with Gasteiger partial charge in [0.05, 0.1) is 5.69 Å². The number of nitrogens with zero attached hydrogens (tertiary/aromatic N) is 2. The van der Waals surface area contributed by atoms with Crippen LogP contribution in [-0.2, 0) is 13.0 Å². The smallest absolute Gasteiger partial charge is 0.320 e. The van der Waals surface area contributed by atoms with Crippen LogP contribution >= 0.6 is 0 Å². The Balaban J connectivity index is 1.77. The monoisotopic (exact) mass is 279 g/mol. The minimum atomic E-state index is -2.60. The van der Waals surface area contributed by atoms with Gasteiger partial charge in [-0.3, -0.25) is 4.57 Å². The van der Waals surface area contributed by atoms with Crippen LogP contribution in [-0.4, -0.2) is 16.1 Å². The van der Waals surface area contributed by atoms with Crippen molar-refractivity contribution in [3.63, 3.8) is 0 Å². The molecule has 0 amide bonds. The maximum atomic E-state index is 12.7. The van der Waals surface area contributed by atoms with Crippen LogP contribution < -0.4 is 10.1 Å². The number of ether oxygens (including phenoxy) is 1. The molecule has 0 bridgehead atoms. The lowest BCUT2D eigenvalue weighted by Crippen LogP contribution is -2.14. The first-order valence-electron chi connectivity index (χ1n) is 6.54. The second-order valence-electron chi connectivity index (χ2n) is 4.64. The van der Waals surface area contributed by atoms with Gasteiger partial charge in [-0.25, -0.2) is 4.98 Å². The van der Waals surface area contributed by atoms with Crippen molar-refractivity contribution in [3.8, 4) is 5.75 Å². The van der Waals surface area contributed by atoms with Crippen molar-refractivity contribution in [1.29, 1.82) is 0 Å². The zero-order chi connectivity index (χ0) is 13.9. The van der Waals surface area contributed by atoms with Gasteiger partial charge in [-0.2, -0.15) is 8.78 Å². The predicted molar refractivity (Wildman–Crippen MR) is 71.1 cm³/mol. The van der Waals surface area contributed by atoms with Crippen molar-refractivity contribution in [2.45, 2.75) is 26.0 Å². The Morgan fingerprint density at radius 3 is 3.15 bits per heavy atom. The molecule has 2 aromatic rings. The van der Waals surface area contributed by atoms with E-state index in [1.54, 1.807) is 0 Å². The fraction of sp³-hybridized carbons (Fsp3) is 0.357. The highest BCUT2D eigenvalue weighted by Crippen LogP contribution is 2.32. The summed E-state index contributed by atoms with van der Waals surface area (Å²) in [6.45, 7) is -1.67. The minimum Gasteiger partial charge on any atom is -0.484 e. The van der Waals surface area contributed by atoms with Gasteiger partial charge in [-0.15, -0.1) is 0 Å². The Hall–Kier alpha value is -2.11. The highest BCUT2D eigenvalue weighted by Gasteiger charge is 2.15. The van der Waals surface area contributed by atoms with Crippen molar-refractivity contribution in [3.05, 3.63) is 42.0 Å². The number of nitrogens with one attached hydrogen (secondary N) is 1. The number of alkyl halides is 2. The minimum absolute atomic E-state index is 0.0233. The van der Waals surface area contributed by atoms with E-state index in [-0.39, 0.29) is 12.4 Å². The van der Waals surface area contributed by atoms with Crippen molar-refractivity contribution < 1.29 is 13.5 Å². The van der Waals surface area contributed by atoms with Gasteiger partial charge in [0, 0.05) is 18.9 Å². The third-order valence-electron chi connectivity index (χ3n) is 3.35. The number of fused-ring (bicyclic) bond motifs is 1. The largest absolute Gasteiger partial charge is 0.484 e. The van der Waals surface area contributed by atoms with Gasteiger partial charge in [-0.1, -0.05) is 12.1 Å². The molecular formula is C14H15F2N3O. The number of aryl methyl sites for hydroxylation is 1. The molecular weight excluding hydrogens is 264 g/mol. The maximum absolute atomic E-state index is 12.7. The van der Waals surface area contributed by atoms with Crippen LogP contribution in [0.2, 0.25) is 0 Å². The SMILES string of the molecule is FC(F)n1ccnc1COc1cccc2c1NCCC2. The van der Waals surface area contributed by atoms with E-state index < -0.39 is 6.55 Å². The molecule has 0 spiro atoms. The summed E-state index contributed by atoms with van der Waals surface area (Å²) in [5, 5.41) is 3.30. The lowest BCUT2D eigenvalue weighted by molar-refractivity contribution is 0.0632. The molecule has 3 rings (SSSR count). The van der Waals surface area contributed by atoms with E-state index in [4.69, 9.17) is 4.74 Å². The van der Waals surface area contributed by atoms with E-state index in [2.05, 4.69) is 16.4 Å². The molecule has 1 aliphatic rings. The van der Waals surface area contributed by atoms with Crippen LogP contribution in [0.25, 0.3) is 0 Å². The second-order valence-corrected chi connectivity index (χ2v) is 4.64. The second kappa shape index (κ2) is 5.48. The third-order valence-corrected chi connectivity index (χ3v) is 3.35. The zero-order valence-electron chi connectivity index (χ0n) is 10.9. The summed E-state index contributed by atoms with van der Waals surface area (Å²) in [4.78, 5) is 3.90. The molecule has 2 heterocycles. The summed E-state index contributed by atoms with van der Waals surface area (Å²) in [6, 6.07) is 5.81. The Labute approximate surface area is 115 Å². The number of halogens is 2. The molecule has 20 heavy (non-hydrogen) atoms. The van der Waals surface area contributed by atoms with Gasteiger partial charge < -0.3 is 10.1 Å². The highest BCUT2D eigenvalue weighted by molar-refractivity contribution is 5.63. The molecule has 1 aliphatic heterocycles. The van der Waals surface area contributed by atoms with Crippen LogP contribution in [0, 0.1) is 0 Å². The lowest BCUT2D eigenvalue weighted by atomic mass is 10.0. The number of aromatic nitrogens is 2. The predicted octanol–water partition coefficient (Wildman–Crippen LogP) is 3.22. The van der Waals surface area contributed by atoms with Crippen molar-refractivity contribution in [1.82, 2.24) is 9.55 Å². The Morgan fingerprint density at radius 1 is 1.40 bits per heavy atom. The molecule has 0 unspecified atom stereocenters. The zero-order valence-corrected chi connectivity index (χ0v) is 10.9. The summed E-state index contributed by atoms with van der Waals surface area (Å²) < 4.78 is 31.9. The molecule has 0 radical (unpaired) electrons. The summed E-state index contributed by atoms with van der Waals surface area (Å²) in [5.41, 5.74) is 2.17. The summed E-state index contributed by atoms with van der Waals surface area (Å²) in [7, 11) is 0. The normalized spacial score (nSPS) is 13.9. The molecule has 0 fully saturated rings. The van der Waals surface area contributed by atoms with Gasteiger partial charge in [0.25, 0.3) is 0 Å². The number of rotatable bonds is 4. The summed E-state index contributed by atoms with van der Waals surface area (Å²) in [5.74, 6) is 0.902. The van der Waals surface area contributed by atoms with E-state index in [1.165, 1.54) is 18.0 Å². The standard InChI is InChI=1S/C14H15F2N3O/c15-14(16)19-8-7-17-12(19)9-20-11-5-1-3-10-4-2-6-18-13(10)11/h1,3,5,7-8,14,18H,2,4,6,9H2. The number of para-hydroxylation sites is 1. The number of benzene rings is 1. The summed E-state index contributed by atoms with van der Waals surface area (Å²) in [6.07, 6.45) is 4.70. The highest BCUT2D eigenvalue weighted by atomic mass is 19.3. The summed E-state index contributed by atoms with van der Waals surface area (Å²) >= 11 is 0. The van der Waals surface area contributed by atoms with Crippen LogP contribution in [0.3, 0.4) is 0 Å². The van der Waals surface area contributed by atoms with Crippen LogP contribution in [0.4, 0.5) is 14.5 Å². The topological polar surface area (TPSA) is 39.1 Å². The molecule has 106 valence electrons. The molecule has 0 atom stereocenters. The molecule has 1 aromatic heterocycles. The third kappa shape index (κ3) is 2.45. The average molecular weight is 279 g/mol. The number of hydrogen-bond acceptors (Lipinski definition) is 3. The lowest BCUT2D eigenvalue weighted by Gasteiger charge is -2.21. The first-order valence-corrected chi connectivity index (χ1v) is 6.54. The van der Waals surface area contributed by atoms with Crippen LogP contribution in [0.15, 0.2) is 30.6 Å². The van der Waals surface area contributed by atoms with Gasteiger partial charge in [0.15, 0.2) is 5.82 Å². The van der Waals surface area contributed by atoms with E-state index in [9.17, 15) is 8.78 Å². The van der Waals surface area contributed by atoms with Crippen LogP contribution in [0.1, 0.15) is 24.4 Å². The molecule has 6 heteroatoms. The molecule has 0 saturated carbocycles. The number of hydrogen-bond donors (Lipinski definition) is 1. The number of imidazole rings is 1. The van der Waals surface area contributed by atoms with Gasteiger partial charge in [0.1, 0.15) is 12.4 Å². The quantitative estimate of drug-likeness (QED) is 0.934. The fourth-order valence-electron chi connectivity index (χ4n) is 2.37.